The SMILES string of the molecule is NC(=O)C(O)C(O)(O)c1ccc(C=O)cc1. The summed E-state index contributed by atoms with van der Waals surface area (Å²) in [5.41, 5.74) is 4.94. The number of primary amides is 1. The number of hydrogen-bond acceptors (Lipinski definition) is 5. The van der Waals surface area contributed by atoms with E-state index >= 15 is 0 Å². The van der Waals surface area contributed by atoms with Gasteiger partial charge >= 0.3 is 0 Å². The molecule has 0 radical (unpaired) electrons. The van der Waals surface area contributed by atoms with Gasteiger partial charge in [0.1, 0.15) is 6.29 Å². The van der Waals surface area contributed by atoms with Crippen LogP contribution >= 0.6 is 0 Å². The smallest absolute Gasteiger partial charge is 0.252 e. The van der Waals surface area contributed by atoms with E-state index in [2.05, 4.69) is 0 Å². The molecule has 0 aromatic heterocycles. The molecule has 5 N–H and O–H groups in total. The highest BCUT2D eigenvalue weighted by Gasteiger charge is 2.39. The molecule has 0 saturated carbocycles. The first-order valence-corrected chi connectivity index (χ1v) is 4.37. The molecule has 0 fully saturated rings. The van der Waals surface area contributed by atoms with Crippen LogP contribution in [0.15, 0.2) is 24.3 Å². The molecule has 6 nitrogen and oxygen atoms in total. The van der Waals surface area contributed by atoms with Gasteiger partial charge in [-0.25, -0.2) is 0 Å². The molecule has 0 bridgehead atoms. The van der Waals surface area contributed by atoms with Crippen molar-refractivity contribution in [1.82, 2.24) is 0 Å². The normalized spacial score (nSPS) is 13.2. The van der Waals surface area contributed by atoms with E-state index in [-0.39, 0.29) is 5.56 Å². The lowest BCUT2D eigenvalue weighted by Gasteiger charge is -2.25. The van der Waals surface area contributed by atoms with Gasteiger partial charge in [0.05, 0.1) is 0 Å². The van der Waals surface area contributed by atoms with Crippen molar-refractivity contribution in [2.24, 2.45) is 5.73 Å². The lowest BCUT2D eigenvalue weighted by molar-refractivity contribution is -0.229. The number of carbonyl (C=O) groups excluding carboxylic acids is 2. The minimum absolute atomic E-state index is 0.135. The largest absolute Gasteiger partial charge is 0.378 e. The monoisotopic (exact) mass is 225 g/mol. The zero-order valence-corrected chi connectivity index (χ0v) is 8.20. The molecule has 1 aromatic rings. The van der Waals surface area contributed by atoms with Crippen molar-refractivity contribution in [1.29, 1.82) is 0 Å². The predicted octanol–water partition coefficient (Wildman–Crippen LogP) is -1.52. The zero-order chi connectivity index (χ0) is 12.3. The minimum atomic E-state index is -2.77. The highest BCUT2D eigenvalue weighted by atomic mass is 16.5. The number of nitrogens with two attached hydrogens (primary N) is 1. The molecule has 1 unspecified atom stereocenters. The Labute approximate surface area is 90.9 Å². The van der Waals surface area contributed by atoms with Gasteiger partial charge in [0.15, 0.2) is 6.10 Å². The van der Waals surface area contributed by atoms with Gasteiger partial charge in [-0.15, -0.1) is 0 Å². The molecule has 86 valence electrons. The maximum Gasteiger partial charge on any atom is 0.252 e. The van der Waals surface area contributed by atoms with E-state index in [1.807, 2.05) is 0 Å². The van der Waals surface area contributed by atoms with Gasteiger partial charge in [-0.1, -0.05) is 24.3 Å². The number of aliphatic hydroxyl groups excluding tert-OH is 1. The van der Waals surface area contributed by atoms with Crippen molar-refractivity contribution in [2.75, 3.05) is 0 Å². The molecule has 6 heteroatoms. The lowest BCUT2D eigenvalue weighted by atomic mass is 9.99. The Kier molecular flexibility index (Phi) is 3.38. The Morgan fingerprint density at radius 3 is 2.19 bits per heavy atom. The van der Waals surface area contributed by atoms with E-state index in [0.29, 0.717) is 11.8 Å². The third-order valence-corrected chi connectivity index (χ3v) is 2.12. The molecular formula is C10H11NO5. The summed E-state index contributed by atoms with van der Waals surface area (Å²) in [6.45, 7) is 0. The van der Waals surface area contributed by atoms with Crippen LogP contribution < -0.4 is 5.73 Å². The second-order valence-electron chi connectivity index (χ2n) is 3.27. The summed E-state index contributed by atoms with van der Waals surface area (Å²) in [5.74, 6) is -4.03. The Balaban J connectivity index is 3.06. The molecule has 0 aliphatic carbocycles. The predicted molar refractivity (Wildman–Crippen MR) is 53.1 cm³/mol. The highest BCUT2D eigenvalue weighted by Crippen LogP contribution is 2.22. The van der Waals surface area contributed by atoms with Crippen LogP contribution in [0.5, 0.6) is 0 Å². The molecule has 1 aromatic carbocycles. The third-order valence-electron chi connectivity index (χ3n) is 2.12. The van der Waals surface area contributed by atoms with Crippen LogP contribution in [0, 0.1) is 0 Å². The van der Waals surface area contributed by atoms with E-state index in [1.54, 1.807) is 0 Å². The maximum atomic E-state index is 10.6. The van der Waals surface area contributed by atoms with E-state index in [9.17, 15) is 24.9 Å². The van der Waals surface area contributed by atoms with Crippen molar-refractivity contribution >= 4 is 12.2 Å². The summed E-state index contributed by atoms with van der Waals surface area (Å²) in [7, 11) is 0. The molecule has 1 amide bonds. The molecule has 1 rings (SSSR count). The van der Waals surface area contributed by atoms with E-state index < -0.39 is 17.8 Å². The zero-order valence-electron chi connectivity index (χ0n) is 8.20. The molecule has 0 aliphatic heterocycles. The summed E-state index contributed by atoms with van der Waals surface area (Å²) in [6.07, 6.45) is -1.57. The van der Waals surface area contributed by atoms with Crippen LogP contribution in [0.1, 0.15) is 15.9 Å². The first-order valence-electron chi connectivity index (χ1n) is 4.37. The summed E-state index contributed by atoms with van der Waals surface area (Å²) >= 11 is 0. The number of hydrogen-bond donors (Lipinski definition) is 4. The maximum absolute atomic E-state index is 10.6. The fraction of sp³-hybridized carbons (Fsp3) is 0.200. The summed E-state index contributed by atoms with van der Waals surface area (Å²) in [6, 6.07) is 5.04. The number of aldehydes is 1. The molecule has 0 spiro atoms. The molecule has 0 heterocycles. The van der Waals surface area contributed by atoms with Gasteiger partial charge in [0.2, 0.25) is 5.79 Å². The topological polar surface area (TPSA) is 121 Å². The number of amides is 1. The average molecular weight is 225 g/mol. The Bertz CT molecular complexity index is 398. The number of rotatable bonds is 4. The fourth-order valence-corrected chi connectivity index (χ4v) is 1.16. The standard InChI is InChI=1S/C10H11NO5/c11-9(14)8(13)10(15,16)7-3-1-6(5-12)2-4-7/h1-5,8,13,15-16H,(H2,11,14). The van der Waals surface area contributed by atoms with Gasteiger partial charge in [0.25, 0.3) is 5.91 Å². The second-order valence-corrected chi connectivity index (χ2v) is 3.27. The van der Waals surface area contributed by atoms with Gasteiger partial charge < -0.3 is 21.1 Å². The van der Waals surface area contributed by atoms with E-state index in [4.69, 9.17) is 5.73 Å². The number of aliphatic hydroxyl groups is 3. The number of carbonyl (C=O) groups is 2. The van der Waals surface area contributed by atoms with Crippen LogP contribution in [0.4, 0.5) is 0 Å². The highest BCUT2D eigenvalue weighted by molar-refractivity contribution is 5.80. The van der Waals surface area contributed by atoms with E-state index in [0.717, 1.165) is 0 Å². The summed E-state index contributed by atoms with van der Waals surface area (Å²) < 4.78 is 0. The molecule has 0 saturated heterocycles. The van der Waals surface area contributed by atoms with Crippen LogP contribution in [-0.4, -0.2) is 33.6 Å². The lowest BCUT2D eigenvalue weighted by Crippen LogP contribution is -2.47. The van der Waals surface area contributed by atoms with Gasteiger partial charge in [-0.05, 0) is 0 Å². The van der Waals surface area contributed by atoms with Crippen LogP contribution in [0.2, 0.25) is 0 Å². The van der Waals surface area contributed by atoms with Crippen molar-refractivity contribution in [2.45, 2.75) is 11.9 Å². The third kappa shape index (κ3) is 2.25. The average Bonchev–Trinajstić information content (AvgIpc) is 2.28. The van der Waals surface area contributed by atoms with Crippen LogP contribution in [0.3, 0.4) is 0 Å². The quantitative estimate of drug-likeness (QED) is 0.366. The van der Waals surface area contributed by atoms with Crippen molar-refractivity contribution in [3.8, 4) is 0 Å². The van der Waals surface area contributed by atoms with Crippen molar-refractivity contribution in [3.05, 3.63) is 35.4 Å². The minimum Gasteiger partial charge on any atom is -0.378 e. The Hall–Kier alpha value is -1.76. The summed E-state index contributed by atoms with van der Waals surface area (Å²) in [5, 5.41) is 28.2. The van der Waals surface area contributed by atoms with Crippen LogP contribution in [0.25, 0.3) is 0 Å². The molecule has 1 atom stereocenters. The summed E-state index contributed by atoms with van der Waals surface area (Å²) in [4.78, 5) is 21.0. The first kappa shape index (κ1) is 12.3. The Morgan fingerprint density at radius 2 is 1.81 bits per heavy atom. The van der Waals surface area contributed by atoms with Gasteiger partial charge in [0, 0.05) is 11.1 Å². The van der Waals surface area contributed by atoms with E-state index in [1.165, 1.54) is 24.3 Å². The fourth-order valence-electron chi connectivity index (χ4n) is 1.16. The Morgan fingerprint density at radius 1 is 1.31 bits per heavy atom. The molecule has 16 heavy (non-hydrogen) atoms. The van der Waals surface area contributed by atoms with Crippen molar-refractivity contribution in [3.63, 3.8) is 0 Å². The number of benzene rings is 1. The van der Waals surface area contributed by atoms with Crippen molar-refractivity contribution < 1.29 is 24.9 Å². The van der Waals surface area contributed by atoms with Crippen LogP contribution in [-0.2, 0) is 10.6 Å². The molecule has 0 aliphatic rings. The van der Waals surface area contributed by atoms with Gasteiger partial charge in [-0.2, -0.15) is 0 Å². The first-order chi connectivity index (χ1) is 7.39. The second kappa shape index (κ2) is 4.40. The van der Waals surface area contributed by atoms with Gasteiger partial charge in [-0.3, -0.25) is 9.59 Å². The molecular weight excluding hydrogens is 214 g/mol.